The number of amides is 1. The van der Waals surface area contributed by atoms with Gasteiger partial charge in [-0.3, -0.25) is 9.59 Å². The number of piperidine rings is 1. The van der Waals surface area contributed by atoms with Gasteiger partial charge in [-0.15, -0.1) is 0 Å². The van der Waals surface area contributed by atoms with E-state index >= 15 is 0 Å². The van der Waals surface area contributed by atoms with E-state index in [-0.39, 0.29) is 5.78 Å². The summed E-state index contributed by atoms with van der Waals surface area (Å²) in [5.41, 5.74) is 1.22. The van der Waals surface area contributed by atoms with E-state index in [1.54, 1.807) is 24.3 Å². The Morgan fingerprint density at radius 3 is 2.50 bits per heavy atom. The fraction of sp³-hybridized carbons (Fsp3) is 0.250. The van der Waals surface area contributed by atoms with Gasteiger partial charge < -0.3 is 4.90 Å². The number of nitriles is 1. The first-order chi connectivity index (χ1) is 7.72. The molecule has 1 aromatic carbocycles. The van der Waals surface area contributed by atoms with Crippen LogP contribution in [0.3, 0.4) is 0 Å². The lowest BCUT2D eigenvalue weighted by Gasteiger charge is -2.25. The highest BCUT2D eigenvalue weighted by Crippen LogP contribution is 2.19. The van der Waals surface area contributed by atoms with Gasteiger partial charge in [0.25, 0.3) is 5.91 Å². The van der Waals surface area contributed by atoms with Crippen molar-refractivity contribution in [3.05, 3.63) is 29.8 Å². The number of benzene rings is 1. The van der Waals surface area contributed by atoms with Crippen molar-refractivity contribution in [2.24, 2.45) is 0 Å². The summed E-state index contributed by atoms with van der Waals surface area (Å²) in [6, 6.07) is 8.67. The molecule has 1 aromatic rings. The molecule has 2 rings (SSSR count). The van der Waals surface area contributed by atoms with Gasteiger partial charge in [-0.2, -0.15) is 5.26 Å². The zero-order valence-corrected chi connectivity index (χ0v) is 8.64. The fourth-order valence-corrected chi connectivity index (χ4v) is 1.72. The zero-order chi connectivity index (χ0) is 11.5. The van der Waals surface area contributed by atoms with Gasteiger partial charge in [-0.1, -0.05) is 0 Å². The molecule has 1 aliphatic rings. The second-order valence-corrected chi connectivity index (χ2v) is 3.64. The van der Waals surface area contributed by atoms with Crippen molar-refractivity contribution in [3.63, 3.8) is 0 Å². The third kappa shape index (κ3) is 1.80. The third-order valence-corrected chi connectivity index (χ3v) is 2.58. The number of carbonyl (C=O) groups excluding carboxylic acids is 2. The Labute approximate surface area is 93.1 Å². The largest absolute Gasteiger partial charge is 0.306 e. The van der Waals surface area contributed by atoms with Gasteiger partial charge in [-0.05, 0) is 30.7 Å². The van der Waals surface area contributed by atoms with Gasteiger partial charge in [0.05, 0.1) is 11.6 Å². The van der Waals surface area contributed by atoms with Crippen LogP contribution in [-0.4, -0.2) is 18.2 Å². The summed E-state index contributed by atoms with van der Waals surface area (Å²) in [5.74, 6) is -0.786. The van der Waals surface area contributed by atoms with Crippen LogP contribution in [0.25, 0.3) is 0 Å². The number of rotatable bonds is 1. The molecule has 1 amide bonds. The zero-order valence-electron chi connectivity index (χ0n) is 8.64. The summed E-state index contributed by atoms with van der Waals surface area (Å²) < 4.78 is 0. The highest BCUT2D eigenvalue weighted by atomic mass is 16.2. The highest BCUT2D eigenvalue weighted by molar-refractivity contribution is 6.41. The lowest BCUT2D eigenvalue weighted by Crippen LogP contribution is -2.41. The minimum absolute atomic E-state index is 0.337. The van der Waals surface area contributed by atoms with E-state index in [4.69, 9.17) is 5.26 Å². The van der Waals surface area contributed by atoms with Crippen molar-refractivity contribution in [3.8, 4) is 6.07 Å². The van der Waals surface area contributed by atoms with Crippen molar-refractivity contribution in [2.45, 2.75) is 12.8 Å². The first-order valence-electron chi connectivity index (χ1n) is 5.07. The monoisotopic (exact) mass is 214 g/mol. The standard InChI is InChI=1S/C12H10N2O2/c13-8-9-3-5-10(6-4-9)14-7-1-2-11(15)12(14)16/h3-6H,1-2,7H2. The summed E-state index contributed by atoms with van der Waals surface area (Å²) in [4.78, 5) is 24.3. The molecule has 16 heavy (non-hydrogen) atoms. The van der Waals surface area contributed by atoms with E-state index in [0.717, 1.165) is 0 Å². The molecule has 4 nitrogen and oxygen atoms in total. The normalized spacial score (nSPS) is 16.1. The summed E-state index contributed by atoms with van der Waals surface area (Å²) in [5, 5.41) is 8.65. The second-order valence-electron chi connectivity index (χ2n) is 3.64. The van der Waals surface area contributed by atoms with E-state index < -0.39 is 5.91 Å². The molecular formula is C12H10N2O2. The fourth-order valence-electron chi connectivity index (χ4n) is 1.72. The number of nitrogens with zero attached hydrogens (tertiary/aromatic N) is 2. The van der Waals surface area contributed by atoms with E-state index in [1.807, 2.05) is 6.07 Å². The quantitative estimate of drug-likeness (QED) is 0.661. The number of Topliss-reactive ketones (excluding diaryl/α,β-unsaturated/α-hetero) is 1. The Morgan fingerprint density at radius 2 is 1.88 bits per heavy atom. The maximum absolute atomic E-state index is 11.6. The van der Waals surface area contributed by atoms with Crippen LogP contribution in [0.15, 0.2) is 24.3 Å². The van der Waals surface area contributed by atoms with Crippen LogP contribution in [0.5, 0.6) is 0 Å². The number of anilines is 1. The van der Waals surface area contributed by atoms with E-state index in [2.05, 4.69) is 0 Å². The van der Waals surface area contributed by atoms with Crippen molar-refractivity contribution in [1.82, 2.24) is 0 Å². The predicted octanol–water partition coefficient (Wildman–Crippen LogP) is 1.25. The molecule has 80 valence electrons. The van der Waals surface area contributed by atoms with Crippen LogP contribution in [-0.2, 0) is 9.59 Å². The van der Waals surface area contributed by atoms with Crippen LogP contribution in [0.4, 0.5) is 5.69 Å². The number of ketones is 1. The lowest BCUT2D eigenvalue weighted by molar-refractivity contribution is -0.137. The molecule has 1 fully saturated rings. The summed E-state index contributed by atoms with van der Waals surface area (Å²) in [6.45, 7) is 0.566. The SMILES string of the molecule is N#Cc1ccc(N2CCCC(=O)C2=O)cc1. The molecule has 0 unspecified atom stereocenters. The average molecular weight is 214 g/mol. The summed E-state index contributed by atoms with van der Waals surface area (Å²) >= 11 is 0. The Hall–Kier alpha value is -2.15. The molecule has 0 aromatic heterocycles. The molecule has 1 saturated heterocycles. The van der Waals surface area contributed by atoms with Gasteiger partial charge >= 0.3 is 0 Å². The van der Waals surface area contributed by atoms with Crippen LogP contribution in [0.1, 0.15) is 18.4 Å². The molecule has 0 spiro atoms. The van der Waals surface area contributed by atoms with Crippen LogP contribution in [0, 0.1) is 11.3 Å². The Kier molecular flexibility index (Phi) is 2.69. The Bertz CT molecular complexity index is 471. The predicted molar refractivity (Wildman–Crippen MR) is 57.8 cm³/mol. The van der Waals surface area contributed by atoms with Gasteiger partial charge in [0.2, 0.25) is 5.78 Å². The Morgan fingerprint density at radius 1 is 1.19 bits per heavy atom. The molecule has 0 saturated carbocycles. The van der Waals surface area contributed by atoms with Gasteiger partial charge in [0.1, 0.15) is 0 Å². The third-order valence-electron chi connectivity index (χ3n) is 2.58. The average Bonchev–Trinajstić information content (AvgIpc) is 2.33. The van der Waals surface area contributed by atoms with Gasteiger partial charge in [0, 0.05) is 18.7 Å². The highest BCUT2D eigenvalue weighted by Gasteiger charge is 2.26. The first kappa shape index (κ1) is 10.4. The van der Waals surface area contributed by atoms with Crippen molar-refractivity contribution in [1.29, 1.82) is 5.26 Å². The molecule has 0 radical (unpaired) electrons. The number of hydrogen-bond donors (Lipinski definition) is 0. The van der Waals surface area contributed by atoms with Crippen molar-refractivity contribution < 1.29 is 9.59 Å². The Balaban J connectivity index is 2.26. The van der Waals surface area contributed by atoms with Crippen LogP contribution >= 0.6 is 0 Å². The molecule has 4 heteroatoms. The van der Waals surface area contributed by atoms with Crippen molar-refractivity contribution >= 4 is 17.4 Å². The van der Waals surface area contributed by atoms with E-state index in [1.165, 1.54) is 4.90 Å². The number of hydrogen-bond acceptors (Lipinski definition) is 3. The van der Waals surface area contributed by atoms with Crippen LogP contribution < -0.4 is 4.90 Å². The number of carbonyl (C=O) groups is 2. The van der Waals surface area contributed by atoms with E-state index in [9.17, 15) is 9.59 Å². The minimum Gasteiger partial charge on any atom is -0.306 e. The van der Waals surface area contributed by atoms with Gasteiger partial charge in [-0.25, -0.2) is 0 Å². The topological polar surface area (TPSA) is 61.2 Å². The first-order valence-corrected chi connectivity index (χ1v) is 5.07. The second kappa shape index (κ2) is 4.15. The minimum atomic E-state index is -0.448. The molecule has 1 heterocycles. The van der Waals surface area contributed by atoms with Crippen LogP contribution in [0.2, 0.25) is 0 Å². The van der Waals surface area contributed by atoms with Crippen molar-refractivity contribution in [2.75, 3.05) is 11.4 Å². The maximum Gasteiger partial charge on any atom is 0.294 e. The molecule has 0 atom stereocenters. The molecule has 1 aliphatic heterocycles. The molecule has 0 aliphatic carbocycles. The van der Waals surface area contributed by atoms with E-state index in [0.29, 0.717) is 30.6 Å². The smallest absolute Gasteiger partial charge is 0.294 e. The summed E-state index contributed by atoms with van der Waals surface area (Å²) in [6.07, 6.45) is 1.04. The molecular weight excluding hydrogens is 204 g/mol. The maximum atomic E-state index is 11.6. The summed E-state index contributed by atoms with van der Waals surface area (Å²) in [7, 11) is 0. The molecule has 0 bridgehead atoms. The lowest BCUT2D eigenvalue weighted by atomic mass is 10.1. The van der Waals surface area contributed by atoms with Gasteiger partial charge in [0.15, 0.2) is 0 Å². The molecule has 0 N–H and O–H groups in total.